The number of carbonyl (C=O) groups excluding carboxylic acids is 2. The van der Waals surface area contributed by atoms with Crippen molar-refractivity contribution in [1.82, 2.24) is 0 Å². The van der Waals surface area contributed by atoms with Gasteiger partial charge in [-0.15, -0.1) is 0 Å². The Balaban J connectivity index is 1.59. The van der Waals surface area contributed by atoms with Gasteiger partial charge in [-0.05, 0) is 49.1 Å². The summed E-state index contributed by atoms with van der Waals surface area (Å²) in [5.74, 6) is 0.950. The van der Waals surface area contributed by atoms with Crippen LogP contribution in [0.15, 0.2) is 42.5 Å². The molecule has 1 amide bonds. The van der Waals surface area contributed by atoms with Gasteiger partial charge < -0.3 is 23.8 Å². The van der Waals surface area contributed by atoms with Gasteiger partial charge >= 0.3 is 5.97 Å². The van der Waals surface area contributed by atoms with Gasteiger partial charge in [-0.3, -0.25) is 9.59 Å². The molecule has 2 aromatic carbocycles. The van der Waals surface area contributed by atoms with E-state index in [0.29, 0.717) is 23.7 Å². The number of benzene rings is 2. The zero-order chi connectivity index (χ0) is 23.6. The number of ether oxygens (including phenoxy) is 4. The smallest absolute Gasteiger partial charge is 0.306 e. The molecule has 1 fully saturated rings. The molecule has 0 spiro atoms. The van der Waals surface area contributed by atoms with Crippen LogP contribution in [0.3, 0.4) is 0 Å². The largest absolute Gasteiger partial charge is 0.493 e. The Morgan fingerprint density at radius 1 is 0.909 bits per heavy atom. The van der Waals surface area contributed by atoms with Crippen molar-refractivity contribution in [2.24, 2.45) is 0 Å². The highest BCUT2D eigenvalue weighted by Gasteiger charge is 2.27. The third kappa shape index (κ3) is 6.40. The number of hydrogen-bond donors (Lipinski definition) is 0. The first-order chi connectivity index (χ1) is 16.1. The van der Waals surface area contributed by atoms with Crippen LogP contribution < -0.4 is 19.1 Å². The summed E-state index contributed by atoms with van der Waals surface area (Å²) in [5.41, 5.74) is 1.70. The molecule has 0 saturated heterocycles. The van der Waals surface area contributed by atoms with E-state index in [0.717, 1.165) is 36.9 Å². The van der Waals surface area contributed by atoms with Gasteiger partial charge in [0, 0.05) is 18.2 Å². The van der Waals surface area contributed by atoms with Crippen molar-refractivity contribution in [2.45, 2.75) is 51.0 Å². The minimum Gasteiger partial charge on any atom is -0.493 e. The van der Waals surface area contributed by atoms with Crippen LogP contribution in [0, 0.1) is 0 Å². The van der Waals surface area contributed by atoms with Gasteiger partial charge in [0.05, 0.1) is 21.3 Å². The number of anilines is 1. The predicted octanol–water partition coefficient (Wildman–Crippen LogP) is 4.55. The fraction of sp³-hybridized carbons (Fsp3) is 0.462. The quantitative estimate of drug-likeness (QED) is 0.489. The zero-order valence-corrected chi connectivity index (χ0v) is 19.7. The Morgan fingerprint density at radius 2 is 1.55 bits per heavy atom. The van der Waals surface area contributed by atoms with E-state index in [1.165, 1.54) is 6.42 Å². The molecular weight excluding hydrogens is 422 g/mol. The maximum absolute atomic E-state index is 13.1. The summed E-state index contributed by atoms with van der Waals surface area (Å²) in [5, 5.41) is 0. The lowest BCUT2D eigenvalue weighted by Crippen LogP contribution is -2.43. The molecule has 1 aliphatic rings. The van der Waals surface area contributed by atoms with Crippen LogP contribution >= 0.6 is 0 Å². The van der Waals surface area contributed by atoms with E-state index >= 15 is 0 Å². The van der Waals surface area contributed by atoms with E-state index in [9.17, 15) is 9.59 Å². The summed E-state index contributed by atoms with van der Waals surface area (Å²) in [6.07, 6.45) is 5.91. The summed E-state index contributed by atoms with van der Waals surface area (Å²) >= 11 is 0. The molecular formula is C26H33NO6. The van der Waals surface area contributed by atoms with Gasteiger partial charge in [0.1, 0.15) is 0 Å². The second-order valence-electron chi connectivity index (χ2n) is 8.09. The lowest BCUT2D eigenvalue weighted by Gasteiger charge is -2.34. The molecule has 0 aliphatic heterocycles. The Morgan fingerprint density at radius 3 is 2.12 bits per heavy atom. The van der Waals surface area contributed by atoms with Crippen LogP contribution in [0.5, 0.6) is 17.2 Å². The van der Waals surface area contributed by atoms with E-state index in [4.69, 9.17) is 18.9 Å². The number of esters is 1. The molecule has 33 heavy (non-hydrogen) atoms. The van der Waals surface area contributed by atoms with Crippen LogP contribution in [0.2, 0.25) is 0 Å². The van der Waals surface area contributed by atoms with E-state index in [2.05, 4.69) is 0 Å². The van der Waals surface area contributed by atoms with Crippen LogP contribution in [0.1, 0.15) is 44.1 Å². The SMILES string of the molecule is COc1cc(CCC(=O)OCC(=O)N(c2ccccc2)C2CCCCC2)cc(OC)c1OC. The molecule has 178 valence electrons. The first kappa shape index (κ1) is 24.4. The number of hydrogen-bond acceptors (Lipinski definition) is 6. The molecule has 0 atom stereocenters. The van der Waals surface area contributed by atoms with Gasteiger partial charge in [-0.1, -0.05) is 37.5 Å². The zero-order valence-electron chi connectivity index (χ0n) is 19.7. The Bertz CT molecular complexity index is 899. The number of methoxy groups -OCH3 is 3. The van der Waals surface area contributed by atoms with E-state index in [1.54, 1.807) is 33.5 Å². The Hall–Kier alpha value is -3.22. The molecule has 0 unspecified atom stereocenters. The minimum atomic E-state index is -0.422. The molecule has 0 heterocycles. The number of aryl methyl sites for hydroxylation is 1. The number of para-hydroxylation sites is 1. The first-order valence-electron chi connectivity index (χ1n) is 11.4. The van der Waals surface area contributed by atoms with Gasteiger partial charge in [0.2, 0.25) is 5.75 Å². The molecule has 0 bridgehead atoms. The fourth-order valence-electron chi connectivity index (χ4n) is 4.30. The third-order valence-corrected chi connectivity index (χ3v) is 5.94. The predicted molar refractivity (Wildman–Crippen MR) is 126 cm³/mol. The summed E-state index contributed by atoms with van der Waals surface area (Å²) in [6, 6.07) is 13.4. The maximum Gasteiger partial charge on any atom is 0.306 e. The number of amides is 1. The first-order valence-corrected chi connectivity index (χ1v) is 11.4. The summed E-state index contributed by atoms with van der Waals surface area (Å²) in [7, 11) is 4.64. The fourth-order valence-corrected chi connectivity index (χ4v) is 4.30. The maximum atomic E-state index is 13.1. The van der Waals surface area contributed by atoms with Gasteiger partial charge in [0.15, 0.2) is 18.1 Å². The molecule has 1 aliphatic carbocycles. The summed E-state index contributed by atoms with van der Waals surface area (Å²) in [6.45, 7) is -0.264. The Kier molecular flexibility index (Phi) is 8.98. The number of carbonyl (C=O) groups is 2. The molecule has 3 rings (SSSR count). The lowest BCUT2D eigenvalue weighted by atomic mass is 9.93. The normalized spacial score (nSPS) is 13.8. The second kappa shape index (κ2) is 12.1. The van der Waals surface area contributed by atoms with Gasteiger partial charge in [-0.25, -0.2) is 0 Å². The number of nitrogens with zero attached hydrogens (tertiary/aromatic N) is 1. The number of rotatable bonds is 10. The van der Waals surface area contributed by atoms with Crippen molar-refractivity contribution in [3.05, 3.63) is 48.0 Å². The van der Waals surface area contributed by atoms with E-state index < -0.39 is 5.97 Å². The van der Waals surface area contributed by atoms with E-state index in [1.807, 2.05) is 35.2 Å². The van der Waals surface area contributed by atoms with Crippen LogP contribution in [-0.2, 0) is 20.7 Å². The van der Waals surface area contributed by atoms with Crippen LogP contribution in [0.25, 0.3) is 0 Å². The van der Waals surface area contributed by atoms with E-state index in [-0.39, 0.29) is 25.0 Å². The molecule has 1 saturated carbocycles. The van der Waals surface area contributed by atoms with Crippen LogP contribution in [-0.4, -0.2) is 45.9 Å². The highest BCUT2D eigenvalue weighted by atomic mass is 16.5. The Labute approximate surface area is 195 Å². The molecule has 0 aromatic heterocycles. The monoisotopic (exact) mass is 455 g/mol. The lowest BCUT2D eigenvalue weighted by molar-refractivity contribution is -0.148. The van der Waals surface area contributed by atoms with Crippen molar-refractivity contribution in [3.63, 3.8) is 0 Å². The topological polar surface area (TPSA) is 74.3 Å². The van der Waals surface area contributed by atoms with Crippen molar-refractivity contribution in [1.29, 1.82) is 0 Å². The average molecular weight is 456 g/mol. The van der Waals surface area contributed by atoms with Crippen molar-refractivity contribution < 1.29 is 28.5 Å². The van der Waals surface area contributed by atoms with Gasteiger partial charge in [0.25, 0.3) is 5.91 Å². The standard InChI is InChI=1S/C26H33NO6/c1-30-22-16-19(17-23(31-2)26(22)32-3)14-15-25(29)33-18-24(28)27(20-10-6-4-7-11-20)21-12-8-5-9-13-21/h4,6-7,10-11,16-17,21H,5,8-9,12-15,18H2,1-3H3. The van der Waals surface area contributed by atoms with Crippen molar-refractivity contribution in [3.8, 4) is 17.2 Å². The highest BCUT2D eigenvalue weighted by Crippen LogP contribution is 2.38. The third-order valence-electron chi connectivity index (χ3n) is 5.94. The van der Waals surface area contributed by atoms with Crippen LogP contribution in [0.4, 0.5) is 5.69 Å². The highest BCUT2D eigenvalue weighted by molar-refractivity contribution is 5.95. The molecule has 0 N–H and O–H groups in total. The molecule has 7 heteroatoms. The van der Waals surface area contributed by atoms with Crippen molar-refractivity contribution in [2.75, 3.05) is 32.8 Å². The summed E-state index contributed by atoms with van der Waals surface area (Å²) in [4.78, 5) is 27.3. The van der Waals surface area contributed by atoms with Crippen molar-refractivity contribution >= 4 is 17.6 Å². The van der Waals surface area contributed by atoms with Gasteiger partial charge in [-0.2, -0.15) is 0 Å². The molecule has 0 radical (unpaired) electrons. The second-order valence-corrected chi connectivity index (χ2v) is 8.09. The molecule has 2 aromatic rings. The summed E-state index contributed by atoms with van der Waals surface area (Å²) < 4.78 is 21.4. The molecule has 7 nitrogen and oxygen atoms in total. The minimum absolute atomic E-state index is 0.140. The average Bonchev–Trinajstić information content (AvgIpc) is 2.86.